The fraction of sp³-hybridized carbons (Fsp3) is 0.333. The summed E-state index contributed by atoms with van der Waals surface area (Å²) in [6.07, 6.45) is 5.47. The molecule has 27 heavy (non-hydrogen) atoms. The molecule has 1 aromatic carbocycles. The van der Waals surface area contributed by atoms with E-state index in [1.807, 2.05) is 19.3 Å². The minimum absolute atomic E-state index is 0.0848. The summed E-state index contributed by atoms with van der Waals surface area (Å²) in [5.74, 6) is -0.0848. The van der Waals surface area contributed by atoms with Crippen LogP contribution in [0.1, 0.15) is 10.4 Å². The van der Waals surface area contributed by atoms with E-state index in [9.17, 15) is 4.79 Å². The highest BCUT2D eigenvalue weighted by atomic mass is 16.5. The molecule has 1 aliphatic heterocycles. The number of ether oxygens (including phenoxy) is 1. The summed E-state index contributed by atoms with van der Waals surface area (Å²) in [5.41, 5.74) is 3.78. The van der Waals surface area contributed by atoms with Gasteiger partial charge in [-0.15, -0.1) is 0 Å². The number of aryl methyl sites for hydroxylation is 1. The van der Waals surface area contributed by atoms with Gasteiger partial charge in [0, 0.05) is 68.3 Å². The van der Waals surface area contributed by atoms with Crippen LogP contribution in [0.5, 0.6) is 0 Å². The van der Waals surface area contributed by atoms with E-state index in [0.717, 1.165) is 44.0 Å². The van der Waals surface area contributed by atoms with Gasteiger partial charge in [0.2, 0.25) is 0 Å². The Labute approximate surface area is 158 Å². The minimum Gasteiger partial charge on any atom is -0.379 e. The molecule has 2 aromatic heterocycles. The number of fused-ring (bicyclic) bond motifs is 1. The molecule has 0 atom stereocenters. The van der Waals surface area contributed by atoms with E-state index in [2.05, 4.69) is 44.0 Å². The highest BCUT2D eigenvalue weighted by molar-refractivity contribution is 5.95. The van der Waals surface area contributed by atoms with E-state index in [1.165, 1.54) is 10.9 Å². The predicted octanol–water partition coefficient (Wildman–Crippen LogP) is 2.30. The third-order valence-electron chi connectivity index (χ3n) is 5.04. The molecule has 0 radical (unpaired) electrons. The van der Waals surface area contributed by atoms with Crippen molar-refractivity contribution in [3.05, 3.63) is 54.5 Å². The lowest BCUT2D eigenvalue weighted by atomic mass is 10.0. The van der Waals surface area contributed by atoms with Crippen LogP contribution in [0.15, 0.2) is 48.9 Å². The number of carbonyl (C=O) groups is 1. The number of aromatic nitrogens is 2. The maximum absolute atomic E-state index is 12.5. The van der Waals surface area contributed by atoms with Crippen LogP contribution in [0.3, 0.4) is 0 Å². The third-order valence-corrected chi connectivity index (χ3v) is 5.04. The van der Waals surface area contributed by atoms with Gasteiger partial charge in [-0.2, -0.15) is 0 Å². The van der Waals surface area contributed by atoms with E-state index in [-0.39, 0.29) is 5.91 Å². The lowest BCUT2D eigenvalue weighted by Crippen LogP contribution is -2.41. The zero-order valence-electron chi connectivity index (χ0n) is 15.5. The first-order valence-electron chi connectivity index (χ1n) is 9.29. The second-order valence-corrected chi connectivity index (χ2v) is 6.87. The Balaban J connectivity index is 1.43. The van der Waals surface area contributed by atoms with Crippen LogP contribution in [0.2, 0.25) is 0 Å². The van der Waals surface area contributed by atoms with E-state index in [4.69, 9.17) is 4.74 Å². The zero-order valence-corrected chi connectivity index (χ0v) is 15.5. The first-order chi connectivity index (χ1) is 13.2. The molecular formula is C21H24N4O2. The summed E-state index contributed by atoms with van der Waals surface area (Å²) < 4.78 is 7.43. The number of benzene rings is 1. The fourth-order valence-corrected chi connectivity index (χ4v) is 3.44. The number of hydrogen-bond acceptors (Lipinski definition) is 4. The topological polar surface area (TPSA) is 59.4 Å². The Hall–Kier alpha value is -2.70. The van der Waals surface area contributed by atoms with Crippen molar-refractivity contribution in [1.82, 2.24) is 19.8 Å². The van der Waals surface area contributed by atoms with Crippen molar-refractivity contribution in [3.8, 4) is 11.1 Å². The van der Waals surface area contributed by atoms with Gasteiger partial charge in [0.1, 0.15) is 0 Å². The van der Waals surface area contributed by atoms with Gasteiger partial charge in [0.25, 0.3) is 5.91 Å². The van der Waals surface area contributed by atoms with Gasteiger partial charge in [-0.3, -0.25) is 14.7 Å². The summed E-state index contributed by atoms with van der Waals surface area (Å²) >= 11 is 0. The smallest absolute Gasteiger partial charge is 0.252 e. The summed E-state index contributed by atoms with van der Waals surface area (Å²) in [6.45, 7) is 4.85. The van der Waals surface area contributed by atoms with Gasteiger partial charge in [-0.05, 0) is 29.8 Å². The Morgan fingerprint density at radius 2 is 2.00 bits per heavy atom. The second-order valence-electron chi connectivity index (χ2n) is 6.87. The fourth-order valence-electron chi connectivity index (χ4n) is 3.44. The average Bonchev–Trinajstić information content (AvgIpc) is 3.09. The first-order valence-corrected chi connectivity index (χ1v) is 9.29. The molecule has 1 aliphatic rings. The Kier molecular flexibility index (Phi) is 5.18. The predicted molar refractivity (Wildman–Crippen MR) is 106 cm³/mol. The van der Waals surface area contributed by atoms with Gasteiger partial charge in [0.15, 0.2) is 0 Å². The van der Waals surface area contributed by atoms with Crippen molar-refractivity contribution >= 4 is 16.8 Å². The number of morpholine rings is 1. The number of carbonyl (C=O) groups excluding carboxylic acids is 1. The number of hydrogen-bond donors (Lipinski definition) is 1. The maximum atomic E-state index is 12.5. The van der Waals surface area contributed by atoms with Crippen LogP contribution in [-0.2, 0) is 11.8 Å². The molecule has 1 amide bonds. The Morgan fingerprint density at radius 3 is 2.85 bits per heavy atom. The minimum atomic E-state index is -0.0848. The third kappa shape index (κ3) is 4.02. The molecule has 1 saturated heterocycles. The Bertz CT molecular complexity index is 944. The van der Waals surface area contributed by atoms with Crippen molar-refractivity contribution in [2.75, 3.05) is 39.4 Å². The number of amides is 1. The number of rotatable bonds is 5. The number of pyridine rings is 1. The quantitative estimate of drug-likeness (QED) is 0.755. The number of nitrogens with zero attached hydrogens (tertiary/aromatic N) is 3. The molecule has 4 rings (SSSR count). The molecule has 140 valence electrons. The van der Waals surface area contributed by atoms with Crippen molar-refractivity contribution in [2.45, 2.75) is 0 Å². The molecule has 6 heteroatoms. The zero-order chi connectivity index (χ0) is 18.6. The summed E-state index contributed by atoms with van der Waals surface area (Å²) in [4.78, 5) is 19.1. The van der Waals surface area contributed by atoms with Crippen LogP contribution in [-0.4, -0.2) is 59.8 Å². The first kappa shape index (κ1) is 17.7. The van der Waals surface area contributed by atoms with Crippen molar-refractivity contribution in [3.63, 3.8) is 0 Å². The highest BCUT2D eigenvalue weighted by Gasteiger charge is 2.12. The molecule has 1 fully saturated rings. The Morgan fingerprint density at radius 1 is 1.15 bits per heavy atom. The van der Waals surface area contributed by atoms with Gasteiger partial charge < -0.3 is 14.6 Å². The monoisotopic (exact) mass is 364 g/mol. The maximum Gasteiger partial charge on any atom is 0.252 e. The van der Waals surface area contributed by atoms with E-state index in [0.29, 0.717) is 12.1 Å². The highest BCUT2D eigenvalue weighted by Crippen LogP contribution is 2.25. The van der Waals surface area contributed by atoms with E-state index in [1.54, 1.807) is 12.4 Å². The van der Waals surface area contributed by atoms with Gasteiger partial charge in [-0.1, -0.05) is 6.07 Å². The van der Waals surface area contributed by atoms with Crippen molar-refractivity contribution in [2.24, 2.45) is 7.05 Å². The van der Waals surface area contributed by atoms with Crippen molar-refractivity contribution in [1.29, 1.82) is 0 Å². The van der Waals surface area contributed by atoms with Crippen LogP contribution in [0, 0.1) is 0 Å². The van der Waals surface area contributed by atoms with Crippen LogP contribution in [0.25, 0.3) is 22.0 Å². The summed E-state index contributed by atoms with van der Waals surface area (Å²) in [6, 6.07) is 10.3. The lowest BCUT2D eigenvalue weighted by molar-refractivity contribution is 0.0383. The molecule has 0 bridgehead atoms. The van der Waals surface area contributed by atoms with Gasteiger partial charge in [0.05, 0.1) is 18.8 Å². The van der Waals surface area contributed by atoms with Crippen LogP contribution < -0.4 is 5.32 Å². The number of nitrogens with one attached hydrogen (secondary N) is 1. The molecule has 1 N–H and O–H groups in total. The van der Waals surface area contributed by atoms with E-state index >= 15 is 0 Å². The standard InChI is InChI=1S/C21H24N4O2/c1-24-6-4-17-12-16(2-3-20(17)24)18-13-19(15-22-14-18)21(26)23-5-7-25-8-10-27-11-9-25/h2-4,6,12-15H,5,7-11H2,1H3,(H,23,26). The molecule has 3 aromatic rings. The van der Waals surface area contributed by atoms with Crippen LogP contribution >= 0.6 is 0 Å². The van der Waals surface area contributed by atoms with E-state index < -0.39 is 0 Å². The average molecular weight is 364 g/mol. The molecule has 0 unspecified atom stereocenters. The largest absolute Gasteiger partial charge is 0.379 e. The van der Waals surface area contributed by atoms with Gasteiger partial charge in [-0.25, -0.2) is 0 Å². The van der Waals surface area contributed by atoms with Gasteiger partial charge >= 0.3 is 0 Å². The van der Waals surface area contributed by atoms with Crippen molar-refractivity contribution < 1.29 is 9.53 Å². The molecule has 6 nitrogen and oxygen atoms in total. The summed E-state index contributed by atoms with van der Waals surface area (Å²) in [5, 5.41) is 4.17. The summed E-state index contributed by atoms with van der Waals surface area (Å²) in [7, 11) is 2.03. The molecule has 0 aliphatic carbocycles. The second kappa shape index (κ2) is 7.90. The molecule has 3 heterocycles. The lowest BCUT2D eigenvalue weighted by Gasteiger charge is -2.26. The molecule has 0 spiro atoms. The SMILES string of the molecule is Cn1ccc2cc(-c3cncc(C(=O)NCCN4CCOCC4)c3)ccc21. The van der Waals surface area contributed by atoms with Crippen LogP contribution in [0.4, 0.5) is 0 Å². The molecule has 0 saturated carbocycles. The normalized spacial score (nSPS) is 15.1. The molecular weight excluding hydrogens is 340 g/mol.